The summed E-state index contributed by atoms with van der Waals surface area (Å²) in [6, 6.07) is 3.47. The van der Waals surface area contributed by atoms with Crippen molar-refractivity contribution in [2.24, 2.45) is 0 Å². The van der Waals surface area contributed by atoms with Crippen LogP contribution in [0, 0.1) is 6.92 Å². The maximum absolute atomic E-state index is 5.22. The third-order valence-corrected chi connectivity index (χ3v) is 2.66. The van der Waals surface area contributed by atoms with Crippen molar-refractivity contribution in [2.75, 3.05) is 0 Å². The van der Waals surface area contributed by atoms with Gasteiger partial charge >= 0.3 is 0 Å². The fraction of sp³-hybridized carbons (Fsp3) is 0.273. The lowest BCUT2D eigenvalue weighted by molar-refractivity contribution is 0.336. The molecule has 1 unspecified atom stereocenters. The van der Waals surface area contributed by atoms with Crippen LogP contribution in [0.3, 0.4) is 0 Å². The van der Waals surface area contributed by atoms with Crippen LogP contribution in [0.15, 0.2) is 29.3 Å². The van der Waals surface area contributed by atoms with Crippen LogP contribution < -0.4 is 0 Å². The van der Waals surface area contributed by atoms with Gasteiger partial charge < -0.3 is 4.52 Å². The van der Waals surface area contributed by atoms with E-state index in [9.17, 15) is 0 Å². The fourth-order valence-electron chi connectivity index (χ4n) is 1.56. The average molecular weight is 257 g/mol. The van der Waals surface area contributed by atoms with Crippen molar-refractivity contribution in [3.05, 3.63) is 36.4 Å². The lowest BCUT2D eigenvalue weighted by Crippen LogP contribution is -2.07. The molecule has 3 heterocycles. The Hall–Kier alpha value is -2.64. The highest BCUT2D eigenvalue weighted by molar-refractivity contribution is 5.46. The molecule has 3 rings (SSSR count). The largest absolute Gasteiger partial charge is 0.337 e. The van der Waals surface area contributed by atoms with Gasteiger partial charge in [0, 0.05) is 0 Å². The van der Waals surface area contributed by atoms with Crippen LogP contribution >= 0.6 is 0 Å². The van der Waals surface area contributed by atoms with Crippen LogP contribution in [0.2, 0.25) is 0 Å². The van der Waals surface area contributed by atoms with Crippen LogP contribution in [-0.2, 0) is 0 Å². The second kappa shape index (κ2) is 4.56. The minimum atomic E-state index is -0.179. The highest BCUT2D eigenvalue weighted by atomic mass is 16.5. The molecular formula is C11H11N7O. The van der Waals surface area contributed by atoms with Crippen LogP contribution in [0.5, 0.6) is 0 Å². The Labute approximate surface area is 108 Å². The van der Waals surface area contributed by atoms with Gasteiger partial charge in [-0.15, -0.1) is 5.10 Å². The third kappa shape index (κ3) is 2.19. The van der Waals surface area contributed by atoms with Gasteiger partial charge in [0.25, 0.3) is 5.89 Å². The summed E-state index contributed by atoms with van der Waals surface area (Å²) >= 11 is 0. The molecule has 3 aromatic heterocycles. The first-order valence-corrected chi connectivity index (χ1v) is 5.72. The van der Waals surface area contributed by atoms with Crippen LogP contribution in [-0.4, -0.2) is 35.1 Å². The van der Waals surface area contributed by atoms with E-state index in [0.717, 1.165) is 5.69 Å². The zero-order chi connectivity index (χ0) is 13.2. The molecule has 0 saturated heterocycles. The minimum Gasteiger partial charge on any atom is -0.337 e. The summed E-state index contributed by atoms with van der Waals surface area (Å²) in [6.07, 6.45) is 3.06. The molecule has 96 valence electrons. The Morgan fingerprint density at radius 3 is 2.84 bits per heavy atom. The van der Waals surface area contributed by atoms with Gasteiger partial charge in [-0.25, -0.2) is 9.67 Å². The van der Waals surface area contributed by atoms with Gasteiger partial charge in [0.2, 0.25) is 5.82 Å². The monoisotopic (exact) mass is 257 g/mol. The Kier molecular flexibility index (Phi) is 2.75. The van der Waals surface area contributed by atoms with Crippen LogP contribution in [0.1, 0.15) is 24.6 Å². The predicted molar refractivity (Wildman–Crippen MR) is 63.9 cm³/mol. The zero-order valence-corrected chi connectivity index (χ0v) is 10.4. The highest BCUT2D eigenvalue weighted by Gasteiger charge is 2.17. The molecule has 3 aromatic rings. The summed E-state index contributed by atoms with van der Waals surface area (Å²) in [5, 5.41) is 15.9. The van der Waals surface area contributed by atoms with E-state index in [0.29, 0.717) is 17.4 Å². The summed E-state index contributed by atoms with van der Waals surface area (Å²) < 4.78 is 6.85. The van der Waals surface area contributed by atoms with E-state index in [1.54, 1.807) is 17.1 Å². The standard InChI is InChI=1S/C11H11N7O/c1-7-3-4-9(16-15-7)10-14-11(19-17-10)8(2)18-6-12-5-13-18/h3-6,8H,1-2H3. The summed E-state index contributed by atoms with van der Waals surface area (Å²) in [5.74, 6) is 0.859. The Balaban J connectivity index is 1.89. The second-order valence-corrected chi connectivity index (χ2v) is 4.07. The van der Waals surface area contributed by atoms with Crippen LogP contribution in [0.25, 0.3) is 11.5 Å². The topological polar surface area (TPSA) is 95.4 Å². The highest BCUT2D eigenvalue weighted by Crippen LogP contribution is 2.18. The molecule has 0 bridgehead atoms. The first-order chi connectivity index (χ1) is 9.24. The van der Waals surface area contributed by atoms with Crippen molar-refractivity contribution in [1.82, 2.24) is 35.1 Å². The predicted octanol–water partition coefficient (Wildman–Crippen LogP) is 1.04. The van der Waals surface area contributed by atoms with E-state index in [2.05, 4.69) is 30.4 Å². The molecule has 0 saturated carbocycles. The third-order valence-electron chi connectivity index (χ3n) is 2.66. The number of hydrogen-bond acceptors (Lipinski definition) is 7. The second-order valence-electron chi connectivity index (χ2n) is 4.07. The number of rotatable bonds is 3. The van der Waals surface area contributed by atoms with Gasteiger partial charge in [0.15, 0.2) is 0 Å². The minimum absolute atomic E-state index is 0.179. The lowest BCUT2D eigenvalue weighted by atomic mass is 10.3. The summed E-state index contributed by atoms with van der Waals surface area (Å²) in [6.45, 7) is 3.76. The van der Waals surface area contributed by atoms with Crippen molar-refractivity contribution < 1.29 is 4.52 Å². The van der Waals surface area contributed by atoms with Gasteiger partial charge in [-0.1, -0.05) is 5.16 Å². The number of aryl methyl sites for hydroxylation is 1. The smallest absolute Gasteiger partial charge is 0.251 e. The van der Waals surface area contributed by atoms with Crippen molar-refractivity contribution >= 4 is 0 Å². The molecule has 0 aliphatic heterocycles. The molecule has 8 nitrogen and oxygen atoms in total. The molecule has 0 radical (unpaired) electrons. The van der Waals surface area contributed by atoms with E-state index in [1.165, 1.54) is 6.33 Å². The molecule has 8 heteroatoms. The van der Waals surface area contributed by atoms with E-state index in [4.69, 9.17) is 4.52 Å². The molecule has 0 aliphatic rings. The maximum Gasteiger partial charge on any atom is 0.251 e. The van der Waals surface area contributed by atoms with Gasteiger partial charge in [-0.3, -0.25) is 0 Å². The lowest BCUT2D eigenvalue weighted by Gasteiger charge is -2.04. The molecular weight excluding hydrogens is 246 g/mol. The molecule has 0 amide bonds. The van der Waals surface area contributed by atoms with Crippen molar-refractivity contribution in [3.8, 4) is 11.5 Å². The fourth-order valence-corrected chi connectivity index (χ4v) is 1.56. The number of hydrogen-bond donors (Lipinski definition) is 0. The molecule has 19 heavy (non-hydrogen) atoms. The quantitative estimate of drug-likeness (QED) is 0.691. The van der Waals surface area contributed by atoms with Gasteiger partial charge in [0.05, 0.1) is 5.69 Å². The first kappa shape index (κ1) is 11.5. The van der Waals surface area contributed by atoms with E-state index < -0.39 is 0 Å². The number of aromatic nitrogens is 7. The maximum atomic E-state index is 5.22. The van der Waals surface area contributed by atoms with Gasteiger partial charge in [0.1, 0.15) is 24.4 Å². The zero-order valence-electron chi connectivity index (χ0n) is 10.4. The van der Waals surface area contributed by atoms with Gasteiger partial charge in [-0.05, 0) is 26.0 Å². The summed E-state index contributed by atoms with van der Waals surface area (Å²) in [7, 11) is 0. The summed E-state index contributed by atoms with van der Waals surface area (Å²) in [5.41, 5.74) is 1.41. The normalized spacial score (nSPS) is 12.5. The average Bonchev–Trinajstić information content (AvgIpc) is 3.10. The van der Waals surface area contributed by atoms with Crippen molar-refractivity contribution in [3.63, 3.8) is 0 Å². The molecule has 0 fully saturated rings. The molecule has 0 aromatic carbocycles. The van der Waals surface area contributed by atoms with E-state index >= 15 is 0 Å². The molecule has 0 spiro atoms. The van der Waals surface area contributed by atoms with Crippen LogP contribution in [0.4, 0.5) is 0 Å². The summed E-state index contributed by atoms with van der Waals surface area (Å²) in [4.78, 5) is 8.18. The van der Waals surface area contributed by atoms with Crippen molar-refractivity contribution in [2.45, 2.75) is 19.9 Å². The Morgan fingerprint density at radius 2 is 2.16 bits per heavy atom. The van der Waals surface area contributed by atoms with Crippen molar-refractivity contribution in [1.29, 1.82) is 0 Å². The SMILES string of the molecule is Cc1ccc(-c2noc(C(C)n3cncn3)n2)nn1. The van der Waals surface area contributed by atoms with Gasteiger partial charge in [-0.2, -0.15) is 15.2 Å². The molecule has 0 N–H and O–H groups in total. The van der Waals surface area contributed by atoms with E-state index in [-0.39, 0.29) is 6.04 Å². The number of nitrogens with zero attached hydrogens (tertiary/aromatic N) is 7. The van der Waals surface area contributed by atoms with E-state index in [1.807, 2.05) is 19.9 Å². The Bertz CT molecular complexity index is 659. The molecule has 0 aliphatic carbocycles. The molecule has 1 atom stereocenters. The first-order valence-electron chi connectivity index (χ1n) is 5.72. The Morgan fingerprint density at radius 1 is 1.26 bits per heavy atom.